The molecule has 0 aromatic carbocycles. The number of carbonyl (C=O) groups excluding carboxylic acids is 2. The van der Waals surface area contributed by atoms with Crippen LogP contribution in [0.2, 0.25) is 0 Å². The predicted molar refractivity (Wildman–Crippen MR) is 161 cm³/mol. The Bertz CT molecular complexity index is 987. The maximum absolute atomic E-state index is 12.6. The first-order chi connectivity index (χ1) is 20.8. The highest BCUT2D eigenvalue weighted by Gasteiger charge is 2.53. The van der Waals surface area contributed by atoms with Crippen molar-refractivity contribution < 1.29 is 44.2 Å². The standard InChI is InChI=1S/C29H54N6O9/c1-6-15-7-8-16(11-34-27(40)19(36)10-30)43-24(15)21-17(31)9-18(35-14(2)20(37)12-32-4)25(22(21)38)44-28-23(39)26(33-5)29(3,41)13-42-28/h8,14-15,17-19,21-26,28,32-33,35-36,38-39,41H,6-7,9-13,30-31H2,1-5H3,(H,34,40). The van der Waals surface area contributed by atoms with Gasteiger partial charge in [0.1, 0.15) is 35.8 Å². The lowest BCUT2D eigenvalue weighted by molar-refractivity contribution is -0.298. The second-order valence-electron chi connectivity index (χ2n) is 12.5. The number of carbonyl (C=O) groups is 2. The lowest BCUT2D eigenvalue weighted by atomic mass is 9.70. The van der Waals surface area contributed by atoms with E-state index in [1.165, 1.54) is 0 Å². The fraction of sp³-hybridized carbons (Fsp3) is 0.862. The number of ketones is 1. The molecule has 2 fully saturated rings. The highest BCUT2D eigenvalue weighted by molar-refractivity contribution is 5.85. The van der Waals surface area contributed by atoms with Crippen LogP contribution in [0.5, 0.6) is 0 Å². The minimum Gasteiger partial charge on any atom is -0.492 e. The number of amides is 1. The van der Waals surface area contributed by atoms with Gasteiger partial charge in [0.15, 0.2) is 12.1 Å². The number of likely N-dealkylation sites (N-methyl/N-ethyl adjacent to an activating group) is 2. The van der Waals surface area contributed by atoms with E-state index in [0.29, 0.717) is 18.6 Å². The number of ether oxygens (including phenoxy) is 3. The van der Waals surface area contributed by atoms with Crippen molar-refractivity contribution in [1.29, 1.82) is 0 Å². The summed E-state index contributed by atoms with van der Waals surface area (Å²) < 4.78 is 18.5. The van der Waals surface area contributed by atoms with Crippen LogP contribution in [-0.2, 0) is 23.8 Å². The van der Waals surface area contributed by atoms with E-state index in [1.807, 2.05) is 13.0 Å². The van der Waals surface area contributed by atoms with Crippen LogP contribution in [0.4, 0.5) is 0 Å². The van der Waals surface area contributed by atoms with Crippen LogP contribution in [0.15, 0.2) is 11.8 Å². The van der Waals surface area contributed by atoms with Gasteiger partial charge < -0.3 is 67.4 Å². The van der Waals surface area contributed by atoms with E-state index >= 15 is 0 Å². The Labute approximate surface area is 259 Å². The molecule has 0 aromatic heterocycles. The van der Waals surface area contributed by atoms with Gasteiger partial charge in [0, 0.05) is 24.5 Å². The monoisotopic (exact) mass is 630 g/mol. The van der Waals surface area contributed by atoms with Gasteiger partial charge in [-0.1, -0.05) is 6.92 Å². The molecule has 254 valence electrons. The number of Topliss-reactive ketones (excluding diaryl/α,β-unsaturated/α-hetero) is 1. The molecule has 2 heterocycles. The zero-order chi connectivity index (χ0) is 32.8. The lowest BCUT2D eigenvalue weighted by Crippen LogP contribution is -2.69. The molecule has 15 nitrogen and oxygen atoms in total. The maximum Gasteiger partial charge on any atom is 0.250 e. The highest BCUT2D eigenvalue weighted by Crippen LogP contribution is 2.39. The maximum atomic E-state index is 12.6. The zero-order valence-corrected chi connectivity index (χ0v) is 26.4. The summed E-state index contributed by atoms with van der Waals surface area (Å²) in [5.74, 6) is -0.851. The zero-order valence-electron chi connectivity index (χ0n) is 26.4. The summed E-state index contributed by atoms with van der Waals surface area (Å²) in [5, 5.41) is 55.2. The van der Waals surface area contributed by atoms with Gasteiger partial charge >= 0.3 is 0 Å². The minimum atomic E-state index is -1.36. The Kier molecular flexibility index (Phi) is 13.5. The summed E-state index contributed by atoms with van der Waals surface area (Å²) in [6, 6.07) is -2.51. The molecule has 2 aliphatic heterocycles. The van der Waals surface area contributed by atoms with Crippen molar-refractivity contribution in [2.45, 2.75) is 107 Å². The van der Waals surface area contributed by atoms with Gasteiger partial charge in [0.25, 0.3) is 5.91 Å². The van der Waals surface area contributed by atoms with E-state index < -0.39 is 78.4 Å². The average molecular weight is 631 g/mol. The molecule has 1 aliphatic carbocycles. The van der Waals surface area contributed by atoms with Crippen molar-refractivity contribution in [3.8, 4) is 0 Å². The van der Waals surface area contributed by atoms with Gasteiger partial charge in [-0.2, -0.15) is 0 Å². The van der Waals surface area contributed by atoms with Gasteiger partial charge in [-0.05, 0) is 59.2 Å². The largest absolute Gasteiger partial charge is 0.492 e. The number of nitrogens with one attached hydrogen (secondary N) is 4. The van der Waals surface area contributed by atoms with E-state index in [2.05, 4.69) is 21.3 Å². The molecule has 3 rings (SSSR count). The molecule has 1 saturated carbocycles. The minimum absolute atomic E-state index is 0.00337. The second-order valence-corrected chi connectivity index (χ2v) is 12.5. The summed E-state index contributed by atoms with van der Waals surface area (Å²) in [4.78, 5) is 24.7. The van der Waals surface area contributed by atoms with Crippen LogP contribution in [0.25, 0.3) is 0 Å². The van der Waals surface area contributed by atoms with Gasteiger partial charge in [-0.25, -0.2) is 0 Å². The van der Waals surface area contributed by atoms with Crippen molar-refractivity contribution in [3.63, 3.8) is 0 Å². The SMILES string of the molecule is CCC1CC=C(CNC(=O)C(O)CN)OC1C1C(N)CC(NC(C)C(=O)CNC)C(OC2OCC(C)(O)C(NC)C2O)C1O. The van der Waals surface area contributed by atoms with Crippen molar-refractivity contribution in [2.75, 3.05) is 40.3 Å². The molecule has 12 N–H and O–H groups in total. The molecule has 0 bridgehead atoms. The predicted octanol–water partition coefficient (Wildman–Crippen LogP) is -3.59. The van der Waals surface area contributed by atoms with Gasteiger partial charge in [0.05, 0.1) is 37.9 Å². The summed E-state index contributed by atoms with van der Waals surface area (Å²) in [7, 11) is 3.29. The van der Waals surface area contributed by atoms with Crippen molar-refractivity contribution in [1.82, 2.24) is 21.3 Å². The third kappa shape index (κ3) is 8.53. The Balaban J connectivity index is 1.87. The molecular weight excluding hydrogens is 576 g/mol. The smallest absolute Gasteiger partial charge is 0.250 e. The molecule has 13 unspecified atom stereocenters. The van der Waals surface area contributed by atoms with Crippen LogP contribution in [0.3, 0.4) is 0 Å². The molecule has 0 spiro atoms. The Morgan fingerprint density at radius 1 is 1.25 bits per heavy atom. The molecular formula is C29H54N6O9. The number of nitrogens with two attached hydrogens (primary N) is 2. The van der Waals surface area contributed by atoms with E-state index in [-0.39, 0.29) is 37.9 Å². The summed E-state index contributed by atoms with van der Waals surface area (Å²) in [5.41, 5.74) is 10.8. The van der Waals surface area contributed by atoms with Gasteiger partial charge in [-0.3, -0.25) is 9.59 Å². The fourth-order valence-electron chi connectivity index (χ4n) is 6.57. The van der Waals surface area contributed by atoms with Crippen LogP contribution >= 0.6 is 0 Å². The molecule has 0 radical (unpaired) electrons. The molecule has 1 saturated heterocycles. The average Bonchev–Trinajstić information content (AvgIpc) is 2.98. The molecule has 1 amide bonds. The second kappa shape index (κ2) is 16.2. The topological polar surface area (TPSA) is 243 Å². The Hall–Kier alpha value is -1.76. The Morgan fingerprint density at radius 2 is 1.95 bits per heavy atom. The summed E-state index contributed by atoms with van der Waals surface area (Å²) in [6.07, 6.45) is -2.98. The Morgan fingerprint density at radius 3 is 2.57 bits per heavy atom. The van der Waals surface area contributed by atoms with E-state index in [4.69, 9.17) is 25.7 Å². The van der Waals surface area contributed by atoms with Crippen molar-refractivity contribution in [2.24, 2.45) is 23.3 Å². The first kappa shape index (κ1) is 36.7. The number of allylic oxidation sites excluding steroid dienone is 1. The van der Waals surface area contributed by atoms with Crippen LogP contribution in [-0.4, -0.2) is 139 Å². The quantitative estimate of drug-likeness (QED) is 0.0892. The number of rotatable bonds is 14. The molecule has 3 aliphatic rings. The van der Waals surface area contributed by atoms with Crippen molar-refractivity contribution >= 4 is 11.7 Å². The number of aliphatic hydroxyl groups is 4. The first-order valence-electron chi connectivity index (χ1n) is 15.5. The molecule has 0 aromatic rings. The van der Waals surface area contributed by atoms with E-state index in [1.54, 1.807) is 27.9 Å². The van der Waals surface area contributed by atoms with Crippen LogP contribution in [0.1, 0.15) is 40.0 Å². The first-order valence-corrected chi connectivity index (χ1v) is 15.5. The third-order valence-corrected chi connectivity index (χ3v) is 9.15. The molecule has 13 atom stereocenters. The van der Waals surface area contributed by atoms with Gasteiger partial charge in [-0.15, -0.1) is 0 Å². The van der Waals surface area contributed by atoms with Gasteiger partial charge in [0.2, 0.25) is 0 Å². The fourth-order valence-corrected chi connectivity index (χ4v) is 6.57. The molecule has 15 heteroatoms. The van der Waals surface area contributed by atoms with E-state index in [0.717, 1.165) is 6.42 Å². The summed E-state index contributed by atoms with van der Waals surface area (Å²) >= 11 is 0. The lowest BCUT2D eigenvalue weighted by Gasteiger charge is -2.51. The molecule has 44 heavy (non-hydrogen) atoms. The van der Waals surface area contributed by atoms with Crippen LogP contribution < -0.4 is 32.7 Å². The number of aliphatic hydroxyl groups excluding tert-OH is 3. The third-order valence-electron chi connectivity index (χ3n) is 9.15. The number of hydrogen-bond acceptors (Lipinski definition) is 14. The summed E-state index contributed by atoms with van der Waals surface area (Å²) in [6.45, 7) is 5.14. The normalized spacial score (nSPS) is 39.1. The van der Waals surface area contributed by atoms with E-state index in [9.17, 15) is 30.0 Å². The number of hydrogen-bond donors (Lipinski definition) is 10. The van der Waals surface area contributed by atoms with Crippen LogP contribution in [0, 0.1) is 11.8 Å². The van der Waals surface area contributed by atoms with Crippen molar-refractivity contribution in [3.05, 3.63) is 11.8 Å². The highest BCUT2D eigenvalue weighted by atomic mass is 16.7.